The van der Waals surface area contributed by atoms with Crippen LogP contribution in [0.5, 0.6) is 34.5 Å². The molecule has 0 heterocycles. The molecule has 3 unspecified atom stereocenters. The zero-order valence-corrected chi connectivity index (χ0v) is 51.4. The van der Waals surface area contributed by atoms with Crippen LogP contribution in [0, 0.1) is 53.4 Å². The Balaban J connectivity index is 0.964. The highest BCUT2D eigenvalue weighted by atomic mass is 16.3. The van der Waals surface area contributed by atoms with E-state index in [1.54, 1.807) is 0 Å². The summed E-state index contributed by atoms with van der Waals surface area (Å²) < 4.78 is 0. The predicted octanol–water partition coefficient (Wildman–Crippen LogP) is 20.0. The summed E-state index contributed by atoms with van der Waals surface area (Å²) in [4.78, 5) is 0. The van der Waals surface area contributed by atoms with Gasteiger partial charge < -0.3 is 30.6 Å². The van der Waals surface area contributed by atoms with Gasteiger partial charge in [-0.15, -0.1) is 0 Å². The topological polar surface area (TPSA) is 121 Å². The van der Waals surface area contributed by atoms with E-state index in [-0.39, 0.29) is 40.4 Å². The highest BCUT2D eigenvalue weighted by Gasteiger charge is 2.59. The van der Waals surface area contributed by atoms with Gasteiger partial charge in [0.2, 0.25) is 0 Å². The fourth-order valence-corrected chi connectivity index (χ4v) is 19.3. The number of aryl methyl sites for hydroxylation is 6. The van der Waals surface area contributed by atoms with Crippen molar-refractivity contribution in [2.75, 3.05) is 0 Å². The third kappa shape index (κ3) is 10.2. The quantitative estimate of drug-likeness (QED) is 0.0679. The van der Waals surface area contributed by atoms with Crippen molar-refractivity contribution in [1.82, 2.24) is 0 Å². The van der Waals surface area contributed by atoms with Crippen molar-refractivity contribution in [2.24, 2.45) is 11.8 Å². The molecule has 0 amide bonds. The number of benzene rings is 6. The van der Waals surface area contributed by atoms with Gasteiger partial charge in [-0.2, -0.15) is 0 Å². The molecular formula is C78H94O6. The summed E-state index contributed by atoms with van der Waals surface area (Å²) in [7, 11) is 0. The molecule has 0 spiro atoms. The average Bonchev–Trinajstić information content (AvgIpc) is 0.811. The Morgan fingerprint density at radius 3 is 1.11 bits per heavy atom. The van der Waals surface area contributed by atoms with Gasteiger partial charge >= 0.3 is 0 Å². The van der Waals surface area contributed by atoms with Gasteiger partial charge in [0, 0.05) is 28.5 Å². The van der Waals surface area contributed by atoms with Crippen LogP contribution in [-0.4, -0.2) is 30.6 Å². The van der Waals surface area contributed by atoms with Crippen molar-refractivity contribution in [3.8, 4) is 34.5 Å². The Hall–Kier alpha value is -6.14. The lowest BCUT2D eigenvalue weighted by Gasteiger charge is -2.63. The summed E-state index contributed by atoms with van der Waals surface area (Å²) in [5, 5.41) is 72.9. The molecule has 4 bridgehead atoms. The number of rotatable bonds is 12. The molecule has 6 aromatic rings. The zero-order chi connectivity index (χ0) is 58.3. The third-order valence-corrected chi connectivity index (χ3v) is 23.2. The summed E-state index contributed by atoms with van der Waals surface area (Å²) in [5.41, 5.74) is 19.5. The Bertz CT molecular complexity index is 3450. The maximum absolute atomic E-state index is 12.9. The van der Waals surface area contributed by atoms with Crippen LogP contribution >= 0.6 is 0 Å². The van der Waals surface area contributed by atoms with E-state index in [0.29, 0.717) is 46.3 Å². The van der Waals surface area contributed by atoms with Crippen LogP contribution in [0.25, 0.3) is 5.57 Å². The molecule has 84 heavy (non-hydrogen) atoms. The monoisotopic (exact) mass is 1130 g/mol. The number of hydrogen-bond donors (Lipinski definition) is 6. The minimum absolute atomic E-state index is 0.152. The highest BCUT2D eigenvalue weighted by Crippen LogP contribution is 2.67. The Labute approximate surface area is 501 Å². The molecule has 6 nitrogen and oxygen atoms in total. The third-order valence-electron chi connectivity index (χ3n) is 23.2. The van der Waals surface area contributed by atoms with Crippen molar-refractivity contribution in [3.05, 3.63) is 179 Å². The van der Waals surface area contributed by atoms with Crippen molar-refractivity contribution >= 4 is 5.57 Å². The standard InChI is InChI=1S/C78H94O6/c1-45-29-69(79)63(53-19-11-7-12-20-53)36-59(45)73(60-37-64(70(80)30-46(60)2)54-21-13-8-14-22-54)67-34-57(27-49(5)75(67)83)77-40-51-33-52(41-77)43-78(42-51,44-77)58-28-50(6)76(84)68(35-58)74(61-38-65(71(81)31-47(61)3)55-23-15-9-16-24-55)62-39-66(72(82)32-48(62)4)56-25-17-10-18-26-56/h19,27-32,34-39,51-52,54-56,73-74,79-84H,7-18,20-26,33,40-44H2,1-6H3. The molecule has 0 aromatic heterocycles. The fraction of sp³-hybridized carbons (Fsp3) is 0.513. The van der Waals surface area contributed by atoms with Crippen LogP contribution in [0.3, 0.4) is 0 Å². The molecule has 6 heteroatoms. The first-order valence-electron chi connectivity index (χ1n) is 33.2. The summed E-state index contributed by atoms with van der Waals surface area (Å²) in [6, 6.07) is 26.6. The van der Waals surface area contributed by atoms with Gasteiger partial charge in [-0.3, -0.25) is 0 Å². The van der Waals surface area contributed by atoms with E-state index in [1.165, 1.54) is 42.4 Å². The van der Waals surface area contributed by atoms with E-state index < -0.39 is 0 Å². The smallest absolute Gasteiger partial charge is 0.123 e. The lowest BCUT2D eigenvalue weighted by Crippen LogP contribution is -2.56. The van der Waals surface area contributed by atoms with Crippen LogP contribution in [0.2, 0.25) is 0 Å². The van der Waals surface area contributed by atoms with E-state index in [0.717, 1.165) is 224 Å². The van der Waals surface area contributed by atoms with E-state index in [1.807, 2.05) is 24.3 Å². The second kappa shape index (κ2) is 22.6. The van der Waals surface area contributed by atoms with E-state index >= 15 is 0 Å². The Morgan fingerprint density at radius 2 is 0.738 bits per heavy atom. The zero-order valence-electron chi connectivity index (χ0n) is 51.4. The van der Waals surface area contributed by atoms with Gasteiger partial charge in [0.15, 0.2) is 0 Å². The van der Waals surface area contributed by atoms with Gasteiger partial charge in [0.05, 0.1) is 0 Å². The van der Waals surface area contributed by atoms with Gasteiger partial charge in [0.1, 0.15) is 34.5 Å². The molecule has 0 aliphatic heterocycles. The molecule has 8 aliphatic carbocycles. The fourth-order valence-electron chi connectivity index (χ4n) is 19.3. The van der Waals surface area contributed by atoms with Crippen molar-refractivity contribution in [2.45, 2.75) is 242 Å². The van der Waals surface area contributed by atoms with Crippen LogP contribution < -0.4 is 0 Å². The molecule has 14 rings (SSSR count). The maximum Gasteiger partial charge on any atom is 0.123 e. The molecule has 6 N–H and O–H groups in total. The Kier molecular flexibility index (Phi) is 15.3. The molecule has 442 valence electrons. The lowest BCUT2D eigenvalue weighted by molar-refractivity contribution is -0.0282. The van der Waals surface area contributed by atoms with Crippen molar-refractivity contribution < 1.29 is 30.6 Å². The first-order valence-corrected chi connectivity index (χ1v) is 33.2. The number of allylic oxidation sites excluding steroid dienone is 2. The molecule has 0 saturated heterocycles. The number of aromatic hydroxyl groups is 6. The van der Waals surface area contributed by atoms with E-state index in [4.69, 9.17) is 0 Å². The summed E-state index contributed by atoms with van der Waals surface area (Å²) in [6.07, 6.45) is 30.1. The number of hydrogen-bond acceptors (Lipinski definition) is 6. The SMILES string of the molecule is Cc1cc(O)c(C2=CCCCC2)cc1C(c1cc(C2CCCCC2)c(O)cc1C)c1cc(C23CC4CC(C2)CC(c2cc(C)c(O)c(C(c5cc(C6CCCCC6)c(O)cc5C)c5cc(C6CCCCC6)c(O)cc5C)c2)(C4)C3)cc(C)c1O. The van der Waals surface area contributed by atoms with Crippen molar-refractivity contribution in [3.63, 3.8) is 0 Å². The van der Waals surface area contributed by atoms with Crippen LogP contribution in [0.15, 0.2) is 78.9 Å². The molecular weight excluding hydrogens is 1030 g/mol. The van der Waals surface area contributed by atoms with Gasteiger partial charge in [0.25, 0.3) is 0 Å². The van der Waals surface area contributed by atoms with Crippen LogP contribution in [0.1, 0.15) is 290 Å². The first kappa shape index (κ1) is 57.0. The molecule has 8 aliphatic rings. The average molecular weight is 1130 g/mol. The molecule has 3 atom stereocenters. The number of phenolic OH excluding ortho intramolecular Hbond substituents is 6. The summed E-state index contributed by atoms with van der Waals surface area (Å²) >= 11 is 0. The normalized spacial score (nSPS) is 24.4. The predicted molar refractivity (Wildman–Crippen MR) is 341 cm³/mol. The second-order valence-corrected chi connectivity index (χ2v) is 28.9. The minimum Gasteiger partial charge on any atom is -0.508 e. The van der Waals surface area contributed by atoms with Crippen molar-refractivity contribution in [1.29, 1.82) is 0 Å². The lowest BCUT2D eigenvalue weighted by atomic mass is 9.41. The molecule has 7 saturated carbocycles. The van der Waals surface area contributed by atoms with Crippen LogP contribution in [0.4, 0.5) is 0 Å². The Morgan fingerprint density at radius 1 is 0.369 bits per heavy atom. The molecule has 6 aromatic carbocycles. The number of phenols is 6. The second-order valence-electron chi connectivity index (χ2n) is 28.9. The van der Waals surface area contributed by atoms with Crippen LogP contribution in [-0.2, 0) is 10.8 Å². The maximum atomic E-state index is 12.9. The van der Waals surface area contributed by atoms with E-state index in [2.05, 4.69) is 96.1 Å². The highest BCUT2D eigenvalue weighted by molar-refractivity contribution is 5.73. The summed E-state index contributed by atoms with van der Waals surface area (Å²) in [6.45, 7) is 12.7. The van der Waals surface area contributed by atoms with E-state index in [9.17, 15) is 30.6 Å². The molecule has 7 fully saturated rings. The van der Waals surface area contributed by atoms with Gasteiger partial charge in [-0.05, 0) is 304 Å². The first-order chi connectivity index (χ1) is 40.5. The molecule has 0 radical (unpaired) electrons. The summed E-state index contributed by atoms with van der Waals surface area (Å²) in [5.74, 6) is 3.27. The minimum atomic E-state index is -0.360. The largest absolute Gasteiger partial charge is 0.508 e. The van der Waals surface area contributed by atoms with Gasteiger partial charge in [-0.25, -0.2) is 0 Å². The van der Waals surface area contributed by atoms with Gasteiger partial charge in [-0.1, -0.05) is 106 Å².